The minimum absolute atomic E-state index is 0.165. The molecule has 3 rings (SSSR count). The van der Waals surface area contributed by atoms with Gasteiger partial charge >= 0.3 is 0 Å². The van der Waals surface area contributed by atoms with Gasteiger partial charge in [-0.2, -0.15) is 5.10 Å². The van der Waals surface area contributed by atoms with E-state index in [9.17, 15) is 4.79 Å². The quantitative estimate of drug-likeness (QED) is 0.371. The summed E-state index contributed by atoms with van der Waals surface area (Å²) in [5.74, 6) is 0.673. The van der Waals surface area contributed by atoms with Crippen molar-refractivity contribution < 1.29 is 13.9 Å². The number of amides is 1. The lowest BCUT2D eigenvalue weighted by atomic mass is 10.2. The molecule has 1 amide bonds. The highest BCUT2D eigenvalue weighted by atomic mass is 32.2. The average molecular weight is 369 g/mol. The normalized spacial score (nSPS) is 11.1. The van der Waals surface area contributed by atoms with Gasteiger partial charge in [0.1, 0.15) is 11.3 Å². The summed E-state index contributed by atoms with van der Waals surface area (Å²) < 4.78 is 11.2. The molecule has 0 unspecified atom stereocenters. The third-order valence-corrected chi connectivity index (χ3v) is 4.20. The summed E-state index contributed by atoms with van der Waals surface area (Å²) in [4.78, 5) is 16.2. The first-order chi connectivity index (χ1) is 12.8. The fourth-order valence-corrected chi connectivity index (χ4v) is 2.81. The summed E-state index contributed by atoms with van der Waals surface area (Å²) in [5, 5.41) is 4.46. The van der Waals surface area contributed by atoms with E-state index >= 15 is 0 Å². The van der Waals surface area contributed by atoms with Crippen LogP contribution in [-0.4, -0.2) is 29.5 Å². The first-order valence-electron chi connectivity index (χ1n) is 8.28. The molecular weight excluding hydrogens is 350 g/mol. The molecule has 0 radical (unpaired) electrons. The van der Waals surface area contributed by atoms with Gasteiger partial charge < -0.3 is 9.15 Å². The molecule has 0 fully saturated rings. The highest BCUT2D eigenvalue weighted by molar-refractivity contribution is 7.99. The number of fused-ring (bicyclic) bond motifs is 1. The Morgan fingerprint density at radius 1 is 1.27 bits per heavy atom. The molecule has 2 aromatic carbocycles. The molecule has 1 N–H and O–H groups in total. The Morgan fingerprint density at radius 3 is 2.92 bits per heavy atom. The Morgan fingerprint density at radius 2 is 2.08 bits per heavy atom. The maximum Gasteiger partial charge on any atom is 0.257 e. The molecule has 0 aliphatic heterocycles. The number of oxazole rings is 1. The molecule has 7 heteroatoms. The third kappa shape index (κ3) is 4.86. The smallest absolute Gasteiger partial charge is 0.257 e. The van der Waals surface area contributed by atoms with E-state index in [1.807, 2.05) is 55.5 Å². The summed E-state index contributed by atoms with van der Waals surface area (Å²) in [6.07, 6.45) is 2.50. The first kappa shape index (κ1) is 18.0. The zero-order chi connectivity index (χ0) is 18.2. The van der Waals surface area contributed by atoms with Crippen molar-refractivity contribution in [1.29, 1.82) is 0 Å². The van der Waals surface area contributed by atoms with Crippen molar-refractivity contribution in [3.05, 3.63) is 54.1 Å². The van der Waals surface area contributed by atoms with Gasteiger partial charge in [0.25, 0.3) is 11.1 Å². The van der Waals surface area contributed by atoms with Crippen LogP contribution in [0.1, 0.15) is 18.9 Å². The molecule has 0 atom stereocenters. The van der Waals surface area contributed by atoms with E-state index < -0.39 is 0 Å². The van der Waals surface area contributed by atoms with Crippen LogP contribution >= 0.6 is 11.8 Å². The van der Waals surface area contributed by atoms with Gasteiger partial charge in [0.2, 0.25) is 0 Å². The summed E-state index contributed by atoms with van der Waals surface area (Å²) in [7, 11) is 0. The molecule has 1 aromatic heterocycles. The molecule has 0 saturated heterocycles. The van der Waals surface area contributed by atoms with Crippen LogP contribution in [0.2, 0.25) is 0 Å². The van der Waals surface area contributed by atoms with Gasteiger partial charge in [-0.15, -0.1) is 0 Å². The van der Waals surface area contributed by atoms with E-state index in [1.165, 1.54) is 11.8 Å². The van der Waals surface area contributed by atoms with Gasteiger partial charge in [-0.1, -0.05) is 43.0 Å². The molecule has 0 bridgehead atoms. The molecular formula is C19H19N3O3S. The van der Waals surface area contributed by atoms with E-state index in [4.69, 9.17) is 9.15 Å². The van der Waals surface area contributed by atoms with Crippen molar-refractivity contribution in [3.8, 4) is 5.75 Å². The summed E-state index contributed by atoms with van der Waals surface area (Å²) >= 11 is 1.23. The van der Waals surface area contributed by atoms with Crippen LogP contribution < -0.4 is 10.2 Å². The Hall–Kier alpha value is -2.80. The van der Waals surface area contributed by atoms with Crippen molar-refractivity contribution >= 4 is 35.0 Å². The maximum atomic E-state index is 11.9. The van der Waals surface area contributed by atoms with E-state index in [2.05, 4.69) is 15.5 Å². The lowest BCUT2D eigenvalue weighted by molar-refractivity contribution is -0.118. The number of carbonyl (C=O) groups is 1. The van der Waals surface area contributed by atoms with Crippen molar-refractivity contribution in [1.82, 2.24) is 10.4 Å². The summed E-state index contributed by atoms with van der Waals surface area (Å²) in [6.45, 7) is 2.68. The van der Waals surface area contributed by atoms with Crippen LogP contribution in [0.25, 0.3) is 11.1 Å². The van der Waals surface area contributed by atoms with Crippen LogP contribution in [-0.2, 0) is 4.79 Å². The minimum Gasteiger partial charge on any atom is -0.493 e. The van der Waals surface area contributed by atoms with Gasteiger partial charge in [-0.05, 0) is 30.7 Å². The minimum atomic E-state index is -0.236. The third-order valence-electron chi connectivity index (χ3n) is 3.37. The Bertz CT molecular complexity index is 875. The van der Waals surface area contributed by atoms with Crippen LogP contribution in [0, 0.1) is 0 Å². The van der Waals surface area contributed by atoms with Crippen molar-refractivity contribution in [3.63, 3.8) is 0 Å². The fourth-order valence-electron chi connectivity index (χ4n) is 2.18. The van der Waals surface area contributed by atoms with E-state index in [0.29, 0.717) is 17.4 Å². The van der Waals surface area contributed by atoms with Gasteiger partial charge in [0.05, 0.1) is 18.6 Å². The number of hydrazone groups is 1. The largest absolute Gasteiger partial charge is 0.493 e. The lowest BCUT2D eigenvalue weighted by Crippen LogP contribution is -2.19. The Labute approximate surface area is 155 Å². The monoisotopic (exact) mass is 369 g/mol. The topological polar surface area (TPSA) is 76.7 Å². The Kier molecular flexibility index (Phi) is 6.27. The van der Waals surface area contributed by atoms with E-state index in [0.717, 1.165) is 23.3 Å². The molecule has 0 saturated carbocycles. The van der Waals surface area contributed by atoms with Crippen LogP contribution in [0.4, 0.5) is 0 Å². The number of nitrogens with zero attached hydrogens (tertiary/aromatic N) is 2. The lowest BCUT2D eigenvalue weighted by Gasteiger charge is -2.07. The van der Waals surface area contributed by atoms with Crippen molar-refractivity contribution in [2.75, 3.05) is 12.4 Å². The molecule has 0 spiro atoms. The van der Waals surface area contributed by atoms with Gasteiger partial charge in [-0.25, -0.2) is 10.4 Å². The average Bonchev–Trinajstić information content (AvgIpc) is 3.08. The number of benzene rings is 2. The SMILES string of the molecule is CCCOc1ccccc1/C=N\NC(=O)CSc1nc2ccccc2o1. The molecule has 6 nitrogen and oxygen atoms in total. The molecule has 0 aliphatic rings. The second-order valence-corrected chi connectivity index (χ2v) is 6.34. The molecule has 3 aromatic rings. The van der Waals surface area contributed by atoms with Crippen LogP contribution in [0.15, 0.2) is 63.3 Å². The van der Waals surface area contributed by atoms with Gasteiger partial charge in [0.15, 0.2) is 5.58 Å². The maximum absolute atomic E-state index is 11.9. The number of thioether (sulfide) groups is 1. The number of ether oxygens (including phenoxy) is 1. The number of hydrogen-bond donors (Lipinski definition) is 1. The molecule has 134 valence electrons. The number of hydrogen-bond acceptors (Lipinski definition) is 6. The molecule has 26 heavy (non-hydrogen) atoms. The number of para-hydroxylation sites is 3. The highest BCUT2D eigenvalue weighted by Crippen LogP contribution is 2.22. The molecule has 1 heterocycles. The zero-order valence-electron chi connectivity index (χ0n) is 14.3. The fraction of sp³-hybridized carbons (Fsp3) is 0.211. The number of nitrogens with one attached hydrogen (secondary N) is 1. The van der Waals surface area contributed by atoms with Crippen LogP contribution in [0.5, 0.6) is 5.75 Å². The number of carbonyl (C=O) groups excluding carboxylic acids is 1. The highest BCUT2D eigenvalue weighted by Gasteiger charge is 2.08. The Balaban J connectivity index is 1.51. The summed E-state index contributed by atoms with van der Waals surface area (Å²) in [6, 6.07) is 15.0. The van der Waals surface area contributed by atoms with Crippen molar-refractivity contribution in [2.45, 2.75) is 18.6 Å². The van der Waals surface area contributed by atoms with Gasteiger partial charge in [0, 0.05) is 5.56 Å². The molecule has 0 aliphatic carbocycles. The van der Waals surface area contributed by atoms with Crippen LogP contribution in [0.3, 0.4) is 0 Å². The predicted molar refractivity (Wildman–Crippen MR) is 103 cm³/mol. The predicted octanol–water partition coefficient (Wildman–Crippen LogP) is 3.86. The first-order valence-corrected chi connectivity index (χ1v) is 9.27. The van der Waals surface area contributed by atoms with Crippen molar-refractivity contribution in [2.24, 2.45) is 5.10 Å². The zero-order valence-corrected chi connectivity index (χ0v) is 15.2. The number of aromatic nitrogens is 1. The number of rotatable bonds is 8. The van der Waals surface area contributed by atoms with E-state index in [1.54, 1.807) is 6.21 Å². The van der Waals surface area contributed by atoms with E-state index in [-0.39, 0.29) is 11.7 Å². The summed E-state index contributed by atoms with van der Waals surface area (Å²) in [5.41, 5.74) is 4.80. The van der Waals surface area contributed by atoms with Gasteiger partial charge in [-0.3, -0.25) is 4.79 Å². The second-order valence-electron chi connectivity index (χ2n) is 5.42. The standard InChI is InChI=1S/C19H19N3O3S/c1-2-11-24-16-9-5-3-7-14(16)12-20-22-18(23)13-26-19-21-15-8-4-6-10-17(15)25-19/h3-10,12H,2,11,13H2,1H3,(H,22,23)/b20-12-. The second kappa shape index (κ2) is 9.05.